The van der Waals surface area contributed by atoms with Crippen molar-refractivity contribution in [2.75, 3.05) is 13.1 Å². The lowest BCUT2D eigenvalue weighted by molar-refractivity contribution is -0.142. The van der Waals surface area contributed by atoms with Crippen molar-refractivity contribution < 1.29 is 18.7 Å². The summed E-state index contributed by atoms with van der Waals surface area (Å²) < 4.78 is 19.4. The number of rotatable bonds is 3. The molecule has 1 aromatic heterocycles. The number of fused-ring (bicyclic) bond motifs is 3. The average Bonchev–Trinajstić information content (AvgIpc) is 2.91. The van der Waals surface area contributed by atoms with Gasteiger partial charge in [-0.1, -0.05) is 18.2 Å². The van der Waals surface area contributed by atoms with Crippen LogP contribution < -0.4 is 15.6 Å². The van der Waals surface area contributed by atoms with Crippen LogP contribution in [-0.4, -0.2) is 46.9 Å². The number of nitrogens with one attached hydrogen (secondary N) is 2. The third-order valence-electron chi connectivity index (χ3n) is 8.25. The fourth-order valence-electron chi connectivity index (χ4n) is 6.26. The van der Waals surface area contributed by atoms with Crippen molar-refractivity contribution in [2.45, 2.75) is 50.7 Å². The summed E-state index contributed by atoms with van der Waals surface area (Å²) in [6, 6.07) is 13.5. The number of H-pyrrole nitrogens is 1. The monoisotopic (exact) mass is 503 g/mol. The molecule has 8 heteroatoms. The Kier molecular flexibility index (Phi) is 6.18. The van der Waals surface area contributed by atoms with Crippen LogP contribution in [0.25, 0.3) is 10.9 Å². The second-order valence-corrected chi connectivity index (χ2v) is 10.6. The van der Waals surface area contributed by atoms with E-state index in [1.807, 2.05) is 29.2 Å². The fraction of sp³-hybridized carbons (Fsp3) is 0.414. The first kappa shape index (κ1) is 23.7. The van der Waals surface area contributed by atoms with Crippen LogP contribution in [0.15, 0.2) is 53.3 Å². The second kappa shape index (κ2) is 9.65. The lowest BCUT2D eigenvalue weighted by Crippen LogP contribution is -2.52. The highest BCUT2D eigenvalue weighted by atomic mass is 19.1. The topological polar surface area (TPSA) is 91.5 Å². The van der Waals surface area contributed by atoms with Gasteiger partial charge >= 0.3 is 0 Å². The van der Waals surface area contributed by atoms with E-state index in [1.165, 1.54) is 12.1 Å². The SMILES string of the molecule is O=C(NC1CCC2CN(C(=O)C3CCc4cc(F)ccc4O3)CCC2C1)c1cc2ccccc2[nH]c1=O. The van der Waals surface area contributed by atoms with Gasteiger partial charge in [0.2, 0.25) is 0 Å². The number of hydrogen-bond donors (Lipinski definition) is 2. The molecule has 2 N–H and O–H groups in total. The first-order chi connectivity index (χ1) is 17.9. The van der Waals surface area contributed by atoms with Crippen molar-refractivity contribution in [3.63, 3.8) is 0 Å². The predicted octanol–water partition coefficient (Wildman–Crippen LogP) is 3.81. The number of pyridine rings is 1. The molecule has 3 aromatic rings. The summed E-state index contributed by atoms with van der Waals surface area (Å²) in [5, 5.41) is 3.91. The van der Waals surface area contributed by atoms with Crippen LogP contribution in [0.4, 0.5) is 4.39 Å². The minimum absolute atomic E-state index is 0.0133. The van der Waals surface area contributed by atoms with Crippen LogP contribution in [0.1, 0.15) is 48.0 Å². The van der Waals surface area contributed by atoms with E-state index in [1.54, 1.807) is 12.1 Å². The lowest BCUT2D eigenvalue weighted by atomic mass is 9.73. The van der Waals surface area contributed by atoms with Crippen molar-refractivity contribution >= 4 is 22.7 Å². The maximum atomic E-state index is 13.5. The van der Waals surface area contributed by atoms with Crippen molar-refractivity contribution in [3.05, 3.63) is 75.8 Å². The summed E-state index contributed by atoms with van der Waals surface area (Å²) in [7, 11) is 0. The number of benzene rings is 2. The Labute approximate surface area is 214 Å². The number of aromatic amines is 1. The number of nitrogens with zero attached hydrogens (tertiary/aromatic N) is 1. The molecule has 1 aliphatic carbocycles. The van der Waals surface area contributed by atoms with Gasteiger partial charge in [-0.3, -0.25) is 14.4 Å². The molecule has 1 saturated carbocycles. The summed E-state index contributed by atoms with van der Waals surface area (Å²) in [5.74, 6) is 0.804. The van der Waals surface area contributed by atoms with E-state index in [0.717, 1.165) is 36.6 Å². The van der Waals surface area contributed by atoms with E-state index < -0.39 is 6.10 Å². The molecule has 192 valence electrons. The number of amides is 2. The van der Waals surface area contributed by atoms with Crippen LogP contribution in [0.5, 0.6) is 5.75 Å². The number of carbonyl (C=O) groups is 2. The minimum Gasteiger partial charge on any atom is -0.480 e. The first-order valence-corrected chi connectivity index (χ1v) is 13.1. The molecule has 2 amide bonds. The highest BCUT2D eigenvalue weighted by Gasteiger charge is 2.39. The molecule has 7 nitrogen and oxygen atoms in total. The maximum Gasteiger partial charge on any atom is 0.263 e. The van der Waals surface area contributed by atoms with Gasteiger partial charge in [-0.15, -0.1) is 0 Å². The number of hydrogen-bond acceptors (Lipinski definition) is 4. The van der Waals surface area contributed by atoms with Gasteiger partial charge in [-0.25, -0.2) is 4.39 Å². The number of aryl methyl sites for hydroxylation is 1. The molecule has 2 aliphatic heterocycles. The van der Waals surface area contributed by atoms with Gasteiger partial charge in [-0.05, 0) is 91.6 Å². The Balaban J connectivity index is 1.05. The largest absolute Gasteiger partial charge is 0.480 e. The van der Waals surface area contributed by atoms with E-state index >= 15 is 0 Å². The summed E-state index contributed by atoms with van der Waals surface area (Å²) >= 11 is 0. The number of aromatic nitrogens is 1. The Bertz CT molecular complexity index is 1420. The number of carbonyl (C=O) groups excluding carboxylic acids is 2. The Morgan fingerprint density at radius 1 is 1.03 bits per heavy atom. The van der Waals surface area contributed by atoms with E-state index in [4.69, 9.17) is 4.74 Å². The predicted molar refractivity (Wildman–Crippen MR) is 137 cm³/mol. The summed E-state index contributed by atoms with van der Waals surface area (Å²) in [6.45, 7) is 1.37. The van der Waals surface area contributed by atoms with E-state index in [-0.39, 0.29) is 34.8 Å². The summed E-state index contributed by atoms with van der Waals surface area (Å²) in [4.78, 5) is 43.4. The molecule has 4 atom stereocenters. The normalized spacial score (nSPS) is 25.1. The highest BCUT2D eigenvalue weighted by molar-refractivity contribution is 5.97. The van der Waals surface area contributed by atoms with Crippen molar-refractivity contribution in [1.82, 2.24) is 15.2 Å². The molecule has 2 fully saturated rings. The molecule has 3 aliphatic rings. The van der Waals surface area contributed by atoms with Gasteiger partial charge in [-0.2, -0.15) is 0 Å². The van der Waals surface area contributed by atoms with Crippen LogP contribution in [0, 0.1) is 17.7 Å². The number of likely N-dealkylation sites (tertiary alicyclic amines) is 1. The van der Waals surface area contributed by atoms with Gasteiger partial charge in [0.05, 0.1) is 0 Å². The second-order valence-electron chi connectivity index (χ2n) is 10.6. The molecule has 2 aromatic carbocycles. The molecule has 37 heavy (non-hydrogen) atoms. The molecule has 0 bridgehead atoms. The zero-order valence-corrected chi connectivity index (χ0v) is 20.5. The van der Waals surface area contributed by atoms with E-state index in [0.29, 0.717) is 49.0 Å². The number of halogens is 1. The lowest BCUT2D eigenvalue weighted by Gasteiger charge is -2.44. The fourth-order valence-corrected chi connectivity index (χ4v) is 6.26. The van der Waals surface area contributed by atoms with Gasteiger partial charge in [0, 0.05) is 24.6 Å². The van der Waals surface area contributed by atoms with Crippen LogP contribution >= 0.6 is 0 Å². The van der Waals surface area contributed by atoms with E-state index in [2.05, 4.69) is 10.3 Å². The first-order valence-electron chi connectivity index (χ1n) is 13.1. The zero-order chi connectivity index (χ0) is 25.5. The Hall–Kier alpha value is -3.68. The third-order valence-corrected chi connectivity index (χ3v) is 8.25. The van der Waals surface area contributed by atoms with Gasteiger partial charge < -0.3 is 19.9 Å². The smallest absolute Gasteiger partial charge is 0.263 e. The summed E-state index contributed by atoms with van der Waals surface area (Å²) in [5.41, 5.74) is 1.28. The molecule has 0 spiro atoms. The third kappa shape index (κ3) is 4.72. The number of para-hydroxylation sites is 1. The quantitative estimate of drug-likeness (QED) is 0.569. The molecule has 4 unspecified atom stereocenters. The number of piperidine rings is 1. The van der Waals surface area contributed by atoms with Crippen molar-refractivity contribution in [1.29, 1.82) is 0 Å². The average molecular weight is 504 g/mol. The standard InChI is InChI=1S/C29H30FN3O4/c30-21-7-10-25-19(13-21)6-9-26(37-25)29(36)33-12-11-17-14-22(8-5-20(17)16-33)31-27(34)23-15-18-3-1-2-4-24(18)32-28(23)35/h1-4,7,10,13,15,17,20,22,26H,5-6,8-9,11-12,14,16H2,(H,31,34)(H,32,35). The van der Waals surface area contributed by atoms with Crippen molar-refractivity contribution in [3.8, 4) is 5.75 Å². The van der Waals surface area contributed by atoms with Crippen LogP contribution in [0.3, 0.4) is 0 Å². The maximum absolute atomic E-state index is 13.5. The Morgan fingerprint density at radius 2 is 1.89 bits per heavy atom. The van der Waals surface area contributed by atoms with Crippen LogP contribution in [0.2, 0.25) is 0 Å². The molecule has 1 saturated heterocycles. The minimum atomic E-state index is -0.523. The molecule has 6 rings (SSSR count). The Morgan fingerprint density at radius 3 is 2.78 bits per heavy atom. The molecular weight excluding hydrogens is 473 g/mol. The molecule has 0 radical (unpaired) electrons. The molecule has 3 heterocycles. The van der Waals surface area contributed by atoms with Crippen molar-refractivity contribution in [2.24, 2.45) is 11.8 Å². The van der Waals surface area contributed by atoms with Gasteiger partial charge in [0.15, 0.2) is 6.10 Å². The molecular formula is C29H30FN3O4. The van der Waals surface area contributed by atoms with Gasteiger partial charge in [0.1, 0.15) is 17.1 Å². The van der Waals surface area contributed by atoms with Gasteiger partial charge in [0.25, 0.3) is 17.4 Å². The summed E-state index contributed by atoms with van der Waals surface area (Å²) in [6.07, 6.45) is 4.13. The highest BCUT2D eigenvalue weighted by Crippen LogP contribution is 2.37. The van der Waals surface area contributed by atoms with E-state index in [9.17, 15) is 18.8 Å². The van der Waals surface area contributed by atoms with Crippen LogP contribution in [-0.2, 0) is 11.2 Å². The number of ether oxygens (including phenoxy) is 1. The zero-order valence-electron chi connectivity index (χ0n) is 20.5.